The molecule has 0 saturated carbocycles. The number of aromatic nitrogens is 1. The summed E-state index contributed by atoms with van der Waals surface area (Å²) in [5.74, 6) is -0.593. The van der Waals surface area contributed by atoms with E-state index in [9.17, 15) is 9.59 Å². The lowest BCUT2D eigenvalue weighted by atomic mass is 10.1. The van der Waals surface area contributed by atoms with E-state index in [-0.39, 0.29) is 12.3 Å². The molecule has 0 aliphatic heterocycles. The zero-order valence-electron chi connectivity index (χ0n) is 13.7. The fraction of sp³-hybridized carbons (Fsp3) is 0.278. The molecule has 0 fully saturated rings. The fourth-order valence-electron chi connectivity index (χ4n) is 2.13. The fourth-order valence-corrected chi connectivity index (χ4v) is 2.13. The van der Waals surface area contributed by atoms with Gasteiger partial charge in [0, 0.05) is 17.3 Å². The lowest BCUT2D eigenvalue weighted by molar-refractivity contribution is -0.137. The second kappa shape index (κ2) is 8.10. The predicted octanol–water partition coefficient (Wildman–Crippen LogP) is 2.56. The summed E-state index contributed by atoms with van der Waals surface area (Å²) < 4.78 is 5.64. The van der Waals surface area contributed by atoms with Gasteiger partial charge < -0.3 is 15.2 Å². The molecule has 1 aromatic carbocycles. The summed E-state index contributed by atoms with van der Waals surface area (Å²) in [6.07, 6.45) is 1.54. The molecule has 2 N–H and O–H groups in total. The lowest BCUT2D eigenvalue weighted by Crippen LogP contribution is -2.34. The van der Waals surface area contributed by atoms with Crippen molar-refractivity contribution in [1.29, 1.82) is 0 Å². The van der Waals surface area contributed by atoms with E-state index < -0.39 is 12.0 Å². The van der Waals surface area contributed by atoms with Gasteiger partial charge in [-0.1, -0.05) is 12.1 Å². The van der Waals surface area contributed by atoms with Gasteiger partial charge in [0.1, 0.15) is 12.4 Å². The Morgan fingerprint density at radius 3 is 2.75 bits per heavy atom. The largest absolute Gasteiger partial charge is 0.487 e. The van der Waals surface area contributed by atoms with E-state index in [4.69, 9.17) is 9.84 Å². The molecule has 0 radical (unpaired) electrons. The van der Waals surface area contributed by atoms with Crippen LogP contribution in [0.1, 0.15) is 35.0 Å². The maximum Gasteiger partial charge on any atom is 0.305 e. The Morgan fingerprint density at radius 2 is 2.08 bits per heavy atom. The highest BCUT2D eigenvalue weighted by atomic mass is 16.5. The van der Waals surface area contributed by atoms with Crippen molar-refractivity contribution < 1.29 is 19.4 Å². The van der Waals surface area contributed by atoms with Gasteiger partial charge in [-0.15, -0.1) is 0 Å². The van der Waals surface area contributed by atoms with Gasteiger partial charge in [0.25, 0.3) is 5.91 Å². The van der Waals surface area contributed by atoms with Gasteiger partial charge in [0.05, 0.1) is 12.6 Å². The van der Waals surface area contributed by atoms with Crippen LogP contribution in [0.2, 0.25) is 0 Å². The van der Waals surface area contributed by atoms with E-state index in [1.54, 1.807) is 31.3 Å². The highest BCUT2D eigenvalue weighted by Gasteiger charge is 2.13. The van der Waals surface area contributed by atoms with Crippen LogP contribution in [-0.4, -0.2) is 28.0 Å². The van der Waals surface area contributed by atoms with Crippen LogP contribution in [-0.2, 0) is 11.4 Å². The number of nitrogens with one attached hydrogen (secondary N) is 1. The number of benzene rings is 1. The first-order valence-electron chi connectivity index (χ1n) is 7.61. The summed E-state index contributed by atoms with van der Waals surface area (Å²) in [7, 11) is 0. The zero-order chi connectivity index (χ0) is 17.5. The predicted molar refractivity (Wildman–Crippen MR) is 88.9 cm³/mol. The lowest BCUT2D eigenvalue weighted by Gasteiger charge is -2.12. The van der Waals surface area contributed by atoms with E-state index >= 15 is 0 Å². The first-order chi connectivity index (χ1) is 11.4. The number of carboxylic acids is 1. The number of carbonyl (C=O) groups excluding carboxylic acids is 1. The molecule has 0 aliphatic carbocycles. The summed E-state index contributed by atoms with van der Waals surface area (Å²) >= 11 is 0. The van der Waals surface area contributed by atoms with Crippen molar-refractivity contribution in [3.05, 3.63) is 59.4 Å². The molecule has 2 rings (SSSR count). The minimum atomic E-state index is -0.948. The molecule has 6 nitrogen and oxygen atoms in total. The second-order valence-electron chi connectivity index (χ2n) is 5.60. The molecule has 24 heavy (non-hydrogen) atoms. The van der Waals surface area contributed by atoms with Gasteiger partial charge >= 0.3 is 5.97 Å². The van der Waals surface area contributed by atoms with Gasteiger partial charge in [-0.05, 0) is 43.7 Å². The topological polar surface area (TPSA) is 88.5 Å². The van der Waals surface area contributed by atoms with Gasteiger partial charge in [-0.25, -0.2) is 0 Å². The number of aliphatic carboxylic acids is 1. The minimum Gasteiger partial charge on any atom is -0.487 e. The molecule has 0 bridgehead atoms. The van der Waals surface area contributed by atoms with Crippen LogP contribution >= 0.6 is 0 Å². The van der Waals surface area contributed by atoms with Crippen molar-refractivity contribution >= 4 is 11.9 Å². The summed E-state index contributed by atoms with van der Waals surface area (Å²) in [6, 6.07) is 10.3. The third-order valence-electron chi connectivity index (χ3n) is 3.34. The molecular weight excluding hydrogens is 308 g/mol. The maximum atomic E-state index is 12.1. The van der Waals surface area contributed by atoms with Crippen LogP contribution < -0.4 is 10.1 Å². The number of amides is 1. The van der Waals surface area contributed by atoms with Crippen molar-refractivity contribution in [1.82, 2.24) is 10.3 Å². The molecule has 2 aromatic rings. The van der Waals surface area contributed by atoms with E-state index in [2.05, 4.69) is 10.3 Å². The molecule has 1 amide bonds. The molecule has 1 aromatic heterocycles. The molecule has 1 unspecified atom stereocenters. The van der Waals surface area contributed by atoms with Crippen molar-refractivity contribution in [2.24, 2.45) is 0 Å². The third kappa shape index (κ3) is 5.39. The Hall–Kier alpha value is -2.89. The first kappa shape index (κ1) is 17.5. The number of rotatable bonds is 7. The average molecular weight is 328 g/mol. The highest BCUT2D eigenvalue weighted by Crippen LogP contribution is 2.13. The Kier molecular flexibility index (Phi) is 5.89. The van der Waals surface area contributed by atoms with Crippen molar-refractivity contribution in [2.45, 2.75) is 32.9 Å². The zero-order valence-corrected chi connectivity index (χ0v) is 13.7. The number of nitrogens with zero attached hydrogens (tertiary/aromatic N) is 1. The van der Waals surface area contributed by atoms with Crippen molar-refractivity contribution in [3.8, 4) is 5.75 Å². The van der Waals surface area contributed by atoms with Crippen molar-refractivity contribution in [2.75, 3.05) is 0 Å². The number of hydrogen-bond acceptors (Lipinski definition) is 4. The molecule has 126 valence electrons. The van der Waals surface area contributed by atoms with Gasteiger partial charge in [-0.3, -0.25) is 14.6 Å². The SMILES string of the molecule is Cc1ccc(OCc2cccc(C(=O)NC(C)CC(=O)O)c2)cn1. The summed E-state index contributed by atoms with van der Waals surface area (Å²) in [5.41, 5.74) is 2.22. The Morgan fingerprint density at radius 1 is 1.29 bits per heavy atom. The Labute approximate surface area is 140 Å². The van der Waals surface area contributed by atoms with E-state index in [1.165, 1.54) is 0 Å². The molecule has 0 spiro atoms. The smallest absolute Gasteiger partial charge is 0.305 e. The van der Waals surface area contributed by atoms with Gasteiger partial charge in [0.15, 0.2) is 0 Å². The number of hydrogen-bond donors (Lipinski definition) is 2. The van der Waals surface area contributed by atoms with E-state index in [1.807, 2.05) is 25.1 Å². The van der Waals surface area contributed by atoms with E-state index in [0.717, 1.165) is 11.3 Å². The average Bonchev–Trinajstić information content (AvgIpc) is 2.53. The summed E-state index contributed by atoms with van der Waals surface area (Å²) in [5, 5.41) is 11.4. The molecule has 6 heteroatoms. The minimum absolute atomic E-state index is 0.116. The third-order valence-corrected chi connectivity index (χ3v) is 3.34. The van der Waals surface area contributed by atoms with Crippen LogP contribution in [0.4, 0.5) is 0 Å². The monoisotopic (exact) mass is 328 g/mol. The molecule has 1 heterocycles. The van der Waals surface area contributed by atoms with Crippen LogP contribution in [0.5, 0.6) is 5.75 Å². The Bertz CT molecular complexity index is 713. The number of aryl methyl sites for hydroxylation is 1. The van der Waals surface area contributed by atoms with Crippen LogP contribution in [0.3, 0.4) is 0 Å². The van der Waals surface area contributed by atoms with E-state index in [0.29, 0.717) is 17.9 Å². The molecule has 0 saturated heterocycles. The molecular formula is C18H20N2O4. The Balaban J connectivity index is 1.96. The quantitative estimate of drug-likeness (QED) is 0.815. The summed E-state index contributed by atoms with van der Waals surface area (Å²) in [4.78, 5) is 27.0. The first-order valence-corrected chi connectivity index (χ1v) is 7.61. The van der Waals surface area contributed by atoms with Crippen molar-refractivity contribution in [3.63, 3.8) is 0 Å². The van der Waals surface area contributed by atoms with Crippen LogP contribution in [0.15, 0.2) is 42.6 Å². The van der Waals surface area contributed by atoms with Crippen LogP contribution in [0, 0.1) is 6.92 Å². The van der Waals surface area contributed by atoms with Gasteiger partial charge in [0.2, 0.25) is 0 Å². The standard InChI is InChI=1S/C18H20N2O4/c1-12-6-7-16(10-19-12)24-11-14-4-3-5-15(9-14)18(23)20-13(2)8-17(21)22/h3-7,9-10,13H,8,11H2,1-2H3,(H,20,23)(H,21,22). The number of carbonyl (C=O) groups is 2. The number of pyridine rings is 1. The van der Waals surface area contributed by atoms with Gasteiger partial charge in [-0.2, -0.15) is 0 Å². The molecule has 1 atom stereocenters. The highest BCUT2D eigenvalue weighted by molar-refractivity contribution is 5.94. The molecule has 0 aliphatic rings. The number of ether oxygens (including phenoxy) is 1. The number of carboxylic acid groups (broad SMARTS) is 1. The summed E-state index contributed by atoms with van der Waals surface area (Å²) in [6.45, 7) is 3.87. The maximum absolute atomic E-state index is 12.1. The van der Waals surface area contributed by atoms with Crippen LogP contribution in [0.25, 0.3) is 0 Å². The second-order valence-corrected chi connectivity index (χ2v) is 5.60. The normalized spacial score (nSPS) is 11.6.